The highest BCUT2D eigenvalue weighted by molar-refractivity contribution is 7.90. The number of aromatic nitrogens is 2. The van der Waals surface area contributed by atoms with Gasteiger partial charge in [-0.15, -0.1) is 0 Å². The van der Waals surface area contributed by atoms with E-state index in [4.69, 9.17) is 10.5 Å². The van der Waals surface area contributed by atoms with Crippen molar-refractivity contribution in [2.45, 2.75) is 50.7 Å². The van der Waals surface area contributed by atoms with Gasteiger partial charge in [-0.25, -0.2) is 22.2 Å². The Kier molecular flexibility index (Phi) is 6.25. The highest BCUT2D eigenvalue weighted by Gasteiger charge is 2.23. The first-order valence-electron chi connectivity index (χ1n) is 8.53. The average Bonchev–Trinajstić information content (AvgIpc) is 3.02. The molecular formula is C18H24N4O5S. The third kappa shape index (κ3) is 5.64. The number of nitrogens with one attached hydrogen (secondary N) is 1. The van der Waals surface area contributed by atoms with Crippen molar-refractivity contribution in [2.75, 3.05) is 0 Å². The summed E-state index contributed by atoms with van der Waals surface area (Å²) < 4.78 is 31.2. The molecule has 0 aliphatic rings. The van der Waals surface area contributed by atoms with Crippen molar-refractivity contribution < 1.29 is 22.7 Å². The first-order chi connectivity index (χ1) is 12.9. The van der Waals surface area contributed by atoms with E-state index in [1.54, 1.807) is 32.9 Å². The number of benzene rings is 1. The van der Waals surface area contributed by atoms with Crippen molar-refractivity contribution >= 4 is 22.0 Å². The average molecular weight is 408 g/mol. The summed E-state index contributed by atoms with van der Waals surface area (Å²) in [5.41, 5.74) is 6.27. The molecule has 1 aromatic carbocycles. The summed E-state index contributed by atoms with van der Waals surface area (Å²) in [7, 11) is -3.79. The quantitative estimate of drug-likeness (QED) is 0.763. The number of rotatable bonds is 5. The van der Waals surface area contributed by atoms with E-state index < -0.39 is 33.7 Å². The van der Waals surface area contributed by atoms with Crippen molar-refractivity contribution in [2.24, 2.45) is 5.73 Å². The summed E-state index contributed by atoms with van der Waals surface area (Å²) >= 11 is 0. The van der Waals surface area contributed by atoms with E-state index in [1.807, 2.05) is 12.2 Å². The maximum atomic E-state index is 12.6. The van der Waals surface area contributed by atoms with Crippen molar-refractivity contribution in [3.63, 3.8) is 0 Å². The predicted octanol–water partition coefficient (Wildman–Crippen LogP) is 1.35. The highest BCUT2D eigenvalue weighted by atomic mass is 32.2. The lowest BCUT2D eigenvalue weighted by Crippen LogP contribution is -2.46. The van der Waals surface area contributed by atoms with Crippen LogP contribution in [-0.2, 0) is 26.0 Å². The van der Waals surface area contributed by atoms with Gasteiger partial charge in [0.15, 0.2) is 0 Å². The zero-order valence-electron chi connectivity index (χ0n) is 16.2. The number of hydrogen-bond donors (Lipinski definition) is 2. The van der Waals surface area contributed by atoms with Gasteiger partial charge in [0.05, 0.1) is 16.6 Å². The lowest BCUT2D eigenvalue weighted by molar-refractivity contribution is -0.122. The van der Waals surface area contributed by atoms with E-state index in [1.165, 1.54) is 18.3 Å². The number of nitrogens with two attached hydrogens (primary N) is 1. The minimum absolute atomic E-state index is 0.0505. The second kappa shape index (κ2) is 8.11. The molecule has 0 bridgehead atoms. The minimum Gasteiger partial charge on any atom is -0.444 e. The molecule has 1 aromatic heterocycles. The molecule has 0 spiro atoms. The van der Waals surface area contributed by atoms with Crippen LogP contribution < -0.4 is 11.1 Å². The maximum Gasteiger partial charge on any atom is 0.414 e. The molecule has 2 aromatic rings. The Hall–Kier alpha value is -2.72. The molecule has 2 amide bonds. The Labute approximate surface area is 163 Å². The molecule has 152 valence electrons. The number of imide groups is 1. The number of carbonyl (C=O) groups excluding carboxylic acids is 2. The predicted molar refractivity (Wildman–Crippen MR) is 102 cm³/mol. The molecule has 2 rings (SSSR count). The van der Waals surface area contributed by atoms with Crippen LogP contribution in [0.3, 0.4) is 0 Å². The third-order valence-electron chi connectivity index (χ3n) is 3.60. The molecule has 0 saturated heterocycles. The summed E-state index contributed by atoms with van der Waals surface area (Å²) in [5, 5.41) is 2.05. The molecule has 10 heteroatoms. The number of amides is 2. The summed E-state index contributed by atoms with van der Waals surface area (Å²) in [6.07, 6.45) is 1.48. The number of alkyl carbamates (subject to hydrolysis) is 1. The monoisotopic (exact) mass is 408 g/mol. The zero-order chi connectivity index (χ0) is 21.1. The largest absolute Gasteiger partial charge is 0.444 e. The first kappa shape index (κ1) is 21.6. The fraction of sp³-hybridized carbons (Fsp3) is 0.389. The fourth-order valence-electron chi connectivity index (χ4n) is 2.23. The Bertz CT molecular complexity index is 959. The van der Waals surface area contributed by atoms with Crippen LogP contribution in [0.1, 0.15) is 32.0 Å². The Balaban J connectivity index is 2.04. The normalized spacial score (nSPS) is 13.0. The van der Waals surface area contributed by atoms with E-state index in [0.29, 0.717) is 5.69 Å². The number of hydrogen-bond acceptors (Lipinski definition) is 7. The van der Waals surface area contributed by atoms with Gasteiger partial charge in [0, 0.05) is 12.6 Å². The summed E-state index contributed by atoms with van der Waals surface area (Å²) in [5.74, 6) is -0.745. The maximum absolute atomic E-state index is 12.6. The number of nitrogens with zero attached hydrogens (tertiary/aromatic N) is 2. The van der Waals surface area contributed by atoms with Crippen molar-refractivity contribution in [1.82, 2.24) is 14.3 Å². The van der Waals surface area contributed by atoms with Gasteiger partial charge in [0.2, 0.25) is 5.91 Å². The Morgan fingerprint density at radius 1 is 1.25 bits per heavy atom. The van der Waals surface area contributed by atoms with Crippen LogP contribution in [0.5, 0.6) is 0 Å². The van der Waals surface area contributed by atoms with Gasteiger partial charge in [0.25, 0.3) is 10.0 Å². The molecule has 1 atom stereocenters. The fourth-order valence-corrected chi connectivity index (χ4v) is 3.38. The van der Waals surface area contributed by atoms with Crippen LogP contribution in [0, 0.1) is 6.92 Å². The molecule has 9 nitrogen and oxygen atoms in total. The lowest BCUT2D eigenvalue weighted by atomic mass is 10.1. The third-order valence-corrected chi connectivity index (χ3v) is 5.22. The van der Waals surface area contributed by atoms with Gasteiger partial charge in [-0.05, 0) is 39.8 Å². The minimum atomic E-state index is -3.79. The molecular weight excluding hydrogens is 384 g/mol. The van der Waals surface area contributed by atoms with E-state index >= 15 is 0 Å². The van der Waals surface area contributed by atoms with Crippen LogP contribution in [0.4, 0.5) is 4.79 Å². The summed E-state index contributed by atoms with van der Waals surface area (Å²) in [6.45, 7) is 6.85. The molecule has 0 radical (unpaired) electrons. The van der Waals surface area contributed by atoms with Crippen molar-refractivity contribution in [3.8, 4) is 0 Å². The van der Waals surface area contributed by atoms with Gasteiger partial charge >= 0.3 is 6.09 Å². The van der Waals surface area contributed by atoms with Crippen LogP contribution in [0.2, 0.25) is 0 Å². The summed E-state index contributed by atoms with van der Waals surface area (Å²) in [6, 6.07) is 5.30. The highest BCUT2D eigenvalue weighted by Crippen LogP contribution is 2.15. The number of imidazole rings is 1. The first-order valence-corrected chi connectivity index (χ1v) is 9.97. The molecule has 0 fully saturated rings. The second-order valence-electron chi connectivity index (χ2n) is 7.31. The Morgan fingerprint density at radius 3 is 2.43 bits per heavy atom. The van der Waals surface area contributed by atoms with Crippen LogP contribution in [0.25, 0.3) is 0 Å². The van der Waals surface area contributed by atoms with Crippen molar-refractivity contribution in [3.05, 3.63) is 48.0 Å². The van der Waals surface area contributed by atoms with E-state index in [-0.39, 0.29) is 11.3 Å². The van der Waals surface area contributed by atoms with E-state index in [9.17, 15) is 18.0 Å². The van der Waals surface area contributed by atoms with E-state index in [0.717, 1.165) is 15.9 Å². The lowest BCUT2D eigenvalue weighted by Gasteiger charge is -2.20. The van der Waals surface area contributed by atoms with Crippen molar-refractivity contribution in [1.29, 1.82) is 0 Å². The molecule has 0 aliphatic heterocycles. The number of ether oxygens (including phenoxy) is 1. The van der Waals surface area contributed by atoms with Crippen LogP contribution in [0.15, 0.2) is 41.7 Å². The second-order valence-corrected chi connectivity index (χ2v) is 9.16. The molecule has 3 N–H and O–H groups in total. The van der Waals surface area contributed by atoms with Gasteiger partial charge in [0.1, 0.15) is 11.9 Å². The Morgan fingerprint density at radius 2 is 1.86 bits per heavy atom. The summed E-state index contributed by atoms with van der Waals surface area (Å²) in [4.78, 5) is 27.8. The standard InChI is InChI=1S/C18H24N4O5S/c1-12-5-7-14(8-6-12)28(25,26)22-10-13(20-11-22)9-15(19)16(23)21-17(24)27-18(2,3)4/h5-8,10-11,15H,9,19H2,1-4H3,(H,21,23,24)/t15-/m0/s1. The van der Waals surface area contributed by atoms with Crippen LogP contribution in [-0.4, -0.2) is 41.0 Å². The number of aryl methyl sites for hydroxylation is 1. The van der Waals surface area contributed by atoms with E-state index in [2.05, 4.69) is 4.98 Å². The van der Waals surface area contributed by atoms with Gasteiger partial charge in [-0.3, -0.25) is 10.1 Å². The molecule has 0 aliphatic carbocycles. The molecule has 28 heavy (non-hydrogen) atoms. The molecule has 0 unspecified atom stereocenters. The zero-order valence-corrected chi connectivity index (χ0v) is 17.0. The molecule has 0 saturated carbocycles. The van der Waals surface area contributed by atoms with Gasteiger partial charge in [-0.1, -0.05) is 17.7 Å². The van der Waals surface area contributed by atoms with Gasteiger partial charge < -0.3 is 10.5 Å². The topological polar surface area (TPSA) is 133 Å². The SMILES string of the molecule is Cc1ccc(S(=O)(=O)n2cnc(C[C@H](N)C(=O)NC(=O)OC(C)(C)C)c2)cc1. The van der Waals surface area contributed by atoms with Gasteiger partial charge in [-0.2, -0.15) is 0 Å². The smallest absolute Gasteiger partial charge is 0.414 e. The molecule has 1 heterocycles. The van der Waals surface area contributed by atoms with Crippen LogP contribution >= 0.6 is 0 Å². The number of carbonyl (C=O) groups is 2.